The van der Waals surface area contributed by atoms with E-state index >= 15 is 0 Å². The van der Waals surface area contributed by atoms with Crippen molar-refractivity contribution in [2.45, 2.75) is 13.3 Å². The molecule has 0 spiro atoms. The van der Waals surface area contributed by atoms with E-state index in [1.807, 2.05) is 6.92 Å². The topological polar surface area (TPSA) is 61.4 Å². The zero-order valence-corrected chi connectivity index (χ0v) is 10.1. The van der Waals surface area contributed by atoms with Gasteiger partial charge in [0.05, 0.1) is 0 Å². The molecule has 0 bridgehead atoms. The maximum atomic E-state index is 11.9. The molecule has 0 aromatic heterocycles. The van der Waals surface area contributed by atoms with Crippen LogP contribution in [-0.2, 0) is 9.59 Å². The van der Waals surface area contributed by atoms with Gasteiger partial charge >= 0.3 is 0 Å². The summed E-state index contributed by atoms with van der Waals surface area (Å²) in [5.74, 6) is -0.0318. The first-order valence-electron chi connectivity index (χ1n) is 5.41. The second-order valence-electron chi connectivity index (χ2n) is 3.98. The summed E-state index contributed by atoms with van der Waals surface area (Å²) in [5.41, 5.74) is 1.97. The quantitative estimate of drug-likeness (QED) is 0.634. The van der Waals surface area contributed by atoms with Crippen molar-refractivity contribution in [1.82, 2.24) is 15.5 Å². The number of carbonyl (C=O) groups excluding carboxylic acids is 2. The molecule has 1 saturated heterocycles. The second kappa shape index (κ2) is 5.65. The van der Waals surface area contributed by atoms with Gasteiger partial charge in [-0.25, -0.2) is 0 Å². The number of amides is 2. The van der Waals surface area contributed by atoms with Crippen LogP contribution in [0.5, 0.6) is 0 Å². The molecule has 1 heterocycles. The molecule has 2 amide bonds. The Morgan fingerprint density at radius 2 is 2.06 bits per heavy atom. The van der Waals surface area contributed by atoms with Gasteiger partial charge in [-0.1, -0.05) is 0 Å². The van der Waals surface area contributed by atoms with Gasteiger partial charge in [0, 0.05) is 45.7 Å². The van der Waals surface area contributed by atoms with Gasteiger partial charge in [0.2, 0.25) is 11.8 Å². The van der Waals surface area contributed by atoms with E-state index in [2.05, 4.69) is 10.6 Å². The molecule has 16 heavy (non-hydrogen) atoms. The smallest absolute Gasteiger partial charge is 0.249 e. The molecular weight excluding hydrogens is 206 g/mol. The summed E-state index contributed by atoms with van der Waals surface area (Å²) in [7, 11) is 3.32. The van der Waals surface area contributed by atoms with Gasteiger partial charge in [0.25, 0.3) is 0 Å². The van der Waals surface area contributed by atoms with Crippen LogP contribution < -0.4 is 10.6 Å². The van der Waals surface area contributed by atoms with Crippen LogP contribution >= 0.6 is 0 Å². The third-order valence-electron chi connectivity index (χ3n) is 2.83. The monoisotopic (exact) mass is 225 g/mol. The molecule has 5 nitrogen and oxygen atoms in total. The molecule has 0 aliphatic carbocycles. The Bertz CT molecular complexity index is 317. The van der Waals surface area contributed by atoms with Gasteiger partial charge in [-0.05, 0) is 12.5 Å². The van der Waals surface area contributed by atoms with Crippen molar-refractivity contribution in [3.63, 3.8) is 0 Å². The van der Waals surface area contributed by atoms with Crippen LogP contribution in [-0.4, -0.2) is 50.4 Å². The maximum absolute atomic E-state index is 11.9. The first-order chi connectivity index (χ1) is 7.56. The van der Waals surface area contributed by atoms with E-state index < -0.39 is 0 Å². The van der Waals surface area contributed by atoms with Crippen molar-refractivity contribution >= 4 is 11.8 Å². The lowest BCUT2D eigenvalue weighted by Gasteiger charge is -2.24. The fourth-order valence-corrected chi connectivity index (χ4v) is 1.45. The van der Waals surface area contributed by atoms with Crippen molar-refractivity contribution in [1.29, 1.82) is 0 Å². The van der Waals surface area contributed by atoms with E-state index in [0.717, 1.165) is 24.2 Å². The largest absolute Gasteiger partial charge is 0.359 e. The molecule has 0 aromatic rings. The Balaban J connectivity index is 2.44. The van der Waals surface area contributed by atoms with Crippen molar-refractivity contribution in [3.05, 3.63) is 11.1 Å². The number of rotatable bonds is 4. The maximum Gasteiger partial charge on any atom is 0.249 e. The lowest BCUT2D eigenvalue weighted by Crippen LogP contribution is -2.38. The van der Waals surface area contributed by atoms with Crippen LogP contribution in [0.1, 0.15) is 13.3 Å². The Morgan fingerprint density at radius 3 is 2.50 bits per heavy atom. The van der Waals surface area contributed by atoms with Crippen LogP contribution in [0.15, 0.2) is 11.1 Å². The second-order valence-corrected chi connectivity index (χ2v) is 3.98. The first-order valence-corrected chi connectivity index (χ1v) is 5.41. The van der Waals surface area contributed by atoms with Crippen molar-refractivity contribution in [2.75, 3.05) is 33.7 Å². The van der Waals surface area contributed by atoms with Gasteiger partial charge in [-0.3, -0.25) is 9.59 Å². The molecule has 0 atom stereocenters. The van der Waals surface area contributed by atoms with Crippen LogP contribution in [0, 0.1) is 0 Å². The summed E-state index contributed by atoms with van der Waals surface area (Å²) in [4.78, 5) is 24.5. The SMILES string of the molecule is CNC(=O)CCN(C)C(=O)C(C)=C1CNC1. The molecule has 2 N–H and O–H groups in total. The minimum atomic E-state index is -0.0460. The van der Waals surface area contributed by atoms with Crippen LogP contribution in [0.25, 0.3) is 0 Å². The number of carbonyl (C=O) groups is 2. The Kier molecular flexibility index (Phi) is 4.49. The minimum absolute atomic E-state index is 0.0143. The third kappa shape index (κ3) is 3.06. The van der Waals surface area contributed by atoms with Crippen LogP contribution in [0.3, 0.4) is 0 Å². The van der Waals surface area contributed by atoms with E-state index in [1.54, 1.807) is 19.0 Å². The third-order valence-corrected chi connectivity index (χ3v) is 2.83. The minimum Gasteiger partial charge on any atom is -0.359 e. The highest BCUT2D eigenvalue weighted by Crippen LogP contribution is 2.11. The number of hydrogen-bond acceptors (Lipinski definition) is 3. The molecule has 0 unspecified atom stereocenters. The number of nitrogens with one attached hydrogen (secondary N) is 2. The van der Waals surface area contributed by atoms with E-state index in [1.165, 1.54) is 0 Å². The Morgan fingerprint density at radius 1 is 1.44 bits per heavy atom. The molecule has 0 saturated carbocycles. The van der Waals surface area contributed by atoms with Gasteiger partial charge in [0.15, 0.2) is 0 Å². The fourth-order valence-electron chi connectivity index (χ4n) is 1.45. The van der Waals surface area contributed by atoms with Crippen molar-refractivity contribution in [2.24, 2.45) is 0 Å². The summed E-state index contributed by atoms with van der Waals surface area (Å²) >= 11 is 0. The highest BCUT2D eigenvalue weighted by Gasteiger charge is 2.18. The van der Waals surface area contributed by atoms with E-state index in [-0.39, 0.29) is 11.8 Å². The van der Waals surface area contributed by atoms with Gasteiger partial charge < -0.3 is 15.5 Å². The molecule has 1 aliphatic heterocycles. The number of hydrogen-bond donors (Lipinski definition) is 2. The highest BCUT2D eigenvalue weighted by atomic mass is 16.2. The average molecular weight is 225 g/mol. The standard InChI is InChI=1S/C11H19N3O2/c1-8(9-6-13-7-9)11(16)14(3)5-4-10(15)12-2/h13H,4-7H2,1-3H3,(H,12,15). The zero-order valence-electron chi connectivity index (χ0n) is 10.1. The fraction of sp³-hybridized carbons (Fsp3) is 0.636. The number of likely N-dealkylation sites (N-methyl/N-ethyl adjacent to an activating group) is 1. The summed E-state index contributed by atoms with van der Waals surface area (Å²) in [6.45, 7) is 3.91. The molecule has 0 radical (unpaired) electrons. The van der Waals surface area contributed by atoms with Gasteiger partial charge in [0.1, 0.15) is 0 Å². The number of nitrogens with zero attached hydrogens (tertiary/aromatic N) is 1. The molecule has 1 fully saturated rings. The molecule has 5 heteroatoms. The highest BCUT2D eigenvalue weighted by molar-refractivity contribution is 5.94. The van der Waals surface area contributed by atoms with Gasteiger partial charge in [-0.15, -0.1) is 0 Å². The molecule has 1 rings (SSSR count). The molecular formula is C11H19N3O2. The predicted octanol–water partition coefficient (Wildman–Crippen LogP) is -0.499. The van der Waals surface area contributed by atoms with Gasteiger partial charge in [-0.2, -0.15) is 0 Å². The predicted molar refractivity (Wildman–Crippen MR) is 61.9 cm³/mol. The Hall–Kier alpha value is -1.36. The molecule has 0 aromatic carbocycles. The van der Waals surface area contributed by atoms with Crippen molar-refractivity contribution < 1.29 is 9.59 Å². The van der Waals surface area contributed by atoms with Crippen LogP contribution in [0.4, 0.5) is 0 Å². The lowest BCUT2D eigenvalue weighted by molar-refractivity contribution is -0.127. The molecule has 1 aliphatic rings. The van der Waals surface area contributed by atoms with E-state index in [4.69, 9.17) is 0 Å². The lowest BCUT2D eigenvalue weighted by atomic mass is 10.0. The zero-order chi connectivity index (χ0) is 12.1. The summed E-state index contributed by atoms with van der Waals surface area (Å²) < 4.78 is 0. The molecule has 90 valence electrons. The average Bonchev–Trinajstić information content (AvgIpc) is 2.21. The van der Waals surface area contributed by atoms with Crippen molar-refractivity contribution in [3.8, 4) is 0 Å². The normalized spacial score (nSPS) is 14.1. The summed E-state index contributed by atoms with van der Waals surface area (Å²) in [5, 5.41) is 5.64. The summed E-state index contributed by atoms with van der Waals surface area (Å²) in [6.07, 6.45) is 0.347. The van der Waals surface area contributed by atoms with E-state index in [9.17, 15) is 9.59 Å². The summed E-state index contributed by atoms with van der Waals surface area (Å²) in [6, 6.07) is 0. The van der Waals surface area contributed by atoms with E-state index in [0.29, 0.717) is 13.0 Å². The first kappa shape index (κ1) is 12.7. The van der Waals surface area contributed by atoms with Crippen LogP contribution in [0.2, 0.25) is 0 Å². The Labute approximate surface area is 95.9 Å².